The summed E-state index contributed by atoms with van der Waals surface area (Å²) >= 11 is 0. The molecule has 0 spiro atoms. The number of nitrogens with one attached hydrogen (secondary N) is 1. The number of amides is 1. The van der Waals surface area contributed by atoms with Gasteiger partial charge >= 0.3 is 0 Å². The Morgan fingerprint density at radius 1 is 1.80 bits per heavy atom. The van der Waals surface area contributed by atoms with Gasteiger partial charge < -0.3 is 14.9 Å². The lowest BCUT2D eigenvalue weighted by molar-refractivity contribution is 0.0865. The second-order valence-corrected chi connectivity index (χ2v) is 3.95. The van der Waals surface area contributed by atoms with E-state index in [2.05, 4.69) is 10.5 Å². The van der Waals surface area contributed by atoms with Gasteiger partial charge in [0.25, 0.3) is 5.91 Å². The minimum absolute atomic E-state index is 0.220. The van der Waals surface area contributed by atoms with E-state index in [0.29, 0.717) is 11.5 Å². The molecule has 1 heterocycles. The molecule has 1 amide bonds. The van der Waals surface area contributed by atoms with Crippen LogP contribution >= 0.6 is 0 Å². The molecule has 0 aromatic carbocycles. The van der Waals surface area contributed by atoms with Crippen LogP contribution in [0, 0.1) is 12.8 Å². The van der Waals surface area contributed by atoms with Crippen LogP contribution in [0.3, 0.4) is 0 Å². The van der Waals surface area contributed by atoms with Crippen LogP contribution in [0.4, 0.5) is 0 Å². The highest BCUT2D eigenvalue weighted by atomic mass is 16.5. The highest BCUT2D eigenvalue weighted by Crippen LogP contribution is 2.32. The Hall–Kier alpha value is -1.36. The number of hydrogen-bond acceptors (Lipinski definition) is 4. The summed E-state index contributed by atoms with van der Waals surface area (Å²) in [6.45, 7) is 2.03. The first-order valence-electron chi connectivity index (χ1n) is 5.06. The highest BCUT2D eigenvalue weighted by Gasteiger charge is 2.30. The number of nitrogens with zero attached hydrogens (tertiary/aromatic N) is 1. The van der Waals surface area contributed by atoms with Crippen molar-refractivity contribution >= 4 is 5.91 Å². The molecule has 82 valence electrons. The van der Waals surface area contributed by atoms with Crippen LogP contribution in [-0.2, 0) is 0 Å². The van der Waals surface area contributed by atoms with Crippen molar-refractivity contribution in [2.75, 3.05) is 6.54 Å². The van der Waals surface area contributed by atoms with Gasteiger partial charge in [0.1, 0.15) is 0 Å². The third-order valence-corrected chi connectivity index (χ3v) is 2.59. The average Bonchev–Trinajstić information content (AvgIpc) is 2.98. The zero-order chi connectivity index (χ0) is 10.8. The molecule has 1 fully saturated rings. The average molecular weight is 210 g/mol. The van der Waals surface area contributed by atoms with Crippen LogP contribution in [0.2, 0.25) is 0 Å². The summed E-state index contributed by atoms with van der Waals surface area (Å²) in [4.78, 5) is 11.5. The molecule has 15 heavy (non-hydrogen) atoms. The maximum atomic E-state index is 11.5. The molecule has 2 N–H and O–H groups in total. The van der Waals surface area contributed by atoms with Gasteiger partial charge in [0, 0.05) is 12.1 Å². The summed E-state index contributed by atoms with van der Waals surface area (Å²) in [5.41, 5.74) is 0.702. The number of carbonyl (C=O) groups excluding carboxylic acids is 1. The maximum Gasteiger partial charge on any atom is 0.290 e. The summed E-state index contributed by atoms with van der Waals surface area (Å²) in [5, 5.41) is 15.7. The summed E-state index contributed by atoms with van der Waals surface area (Å²) in [5.74, 6) is 0.267. The first-order chi connectivity index (χ1) is 7.18. The number of rotatable bonds is 4. The van der Waals surface area contributed by atoms with E-state index in [1.807, 2.05) is 0 Å². The van der Waals surface area contributed by atoms with Crippen LogP contribution in [-0.4, -0.2) is 28.8 Å². The van der Waals surface area contributed by atoms with Crippen molar-refractivity contribution in [1.29, 1.82) is 0 Å². The monoisotopic (exact) mass is 210 g/mol. The fourth-order valence-corrected chi connectivity index (χ4v) is 1.43. The molecule has 0 bridgehead atoms. The zero-order valence-corrected chi connectivity index (χ0v) is 8.56. The summed E-state index contributed by atoms with van der Waals surface area (Å²) in [7, 11) is 0. The molecule has 1 aromatic rings. The van der Waals surface area contributed by atoms with Crippen molar-refractivity contribution in [3.8, 4) is 0 Å². The van der Waals surface area contributed by atoms with Gasteiger partial charge in [0.05, 0.1) is 12.3 Å². The molecule has 1 aliphatic rings. The van der Waals surface area contributed by atoms with Gasteiger partial charge in [-0.15, -0.1) is 0 Å². The van der Waals surface area contributed by atoms with Gasteiger partial charge in [-0.05, 0) is 25.7 Å². The number of hydrogen-bond donors (Lipinski definition) is 2. The quantitative estimate of drug-likeness (QED) is 0.758. The molecule has 5 heteroatoms. The van der Waals surface area contributed by atoms with Crippen LogP contribution < -0.4 is 5.32 Å². The topological polar surface area (TPSA) is 75.4 Å². The minimum Gasteiger partial charge on any atom is -0.391 e. The van der Waals surface area contributed by atoms with E-state index >= 15 is 0 Å². The number of aromatic nitrogens is 1. The van der Waals surface area contributed by atoms with Crippen molar-refractivity contribution in [3.63, 3.8) is 0 Å². The predicted octanol–water partition coefficient (Wildman–Crippen LogP) is 0.484. The summed E-state index contributed by atoms with van der Waals surface area (Å²) in [6.07, 6.45) is 3.17. The Morgan fingerprint density at radius 2 is 2.53 bits per heavy atom. The fraction of sp³-hybridized carbons (Fsp3) is 0.600. The molecule has 1 saturated carbocycles. The van der Waals surface area contributed by atoms with E-state index in [1.54, 1.807) is 6.92 Å². The first kappa shape index (κ1) is 10.2. The molecule has 1 aromatic heterocycles. The van der Waals surface area contributed by atoms with Crippen molar-refractivity contribution in [2.45, 2.75) is 25.9 Å². The molecule has 1 aliphatic carbocycles. The van der Waals surface area contributed by atoms with E-state index in [-0.39, 0.29) is 18.2 Å². The van der Waals surface area contributed by atoms with Gasteiger partial charge in [0.2, 0.25) is 5.76 Å². The molecule has 5 nitrogen and oxygen atoms in total. The van der Waals surface area contributed by atoms with Crippen LogP contribution in [0.25, 0.3) is 0 Å². The number of aliphatic hydroxyl groups is 1. The van der Waals surface area contributed by atoms with Gasteiger partial charge in [-0.2, -0.15) is 0 Å². The normalized spacial score (nSPS) is 17.5. The Kier molecular flexibility index (Phi) is 2.73. The second-order valence-electron chi connectivity index (χ2n) is 3.95. The highest BCUT2D eigenvalue weighted by molar-refractivity contribution is 5.92. The SMILES string of the molecule is Cc1cnoc1C(=O)NCC(O)C1CC1. The van der Waals surface area contributed by atoms with Gasteiger partial charge in [-0.3, -0.25) is 4.79 Å². The molecule has 1 unspecified atom stereocenters. The van der Waals surface area contributed by atoms with Crippen molar-refractivity contribution < 1.29 is 14.4 Å². The van der Waals surface area contributed by atoms with Crippen LogP contribution in [0.1, 0.15) is 29.0 Å². The number of aryl methyl sites for hydroxylation is 1. The Bertz CT molecular complexity index is 357. The Balaban J connectivity index is 1.84. The standard InChI is InChI=1S/C10H14N2O3/c1-6-4-12-15-9(6)10(14)11-5-8(13)7-2-3-7/h4,7-8,13H,2-3,5H2,1H3,(H,11,14). The first-order valence-corrected chi connectivity index (χ1v) is 5.06. The van der Waals surface area contributed by atoms with E-state index in [0.717, 1.165) is 12.8 Å². The molecule has 0 radical (unpaired) electrons. The third kappa shape index (κ3) is 2.36. The number of carbonyl (C=O) groups is 1. The van der Waals surface area contributed by atoms with Crippen molar-refractivity contribution in [2.24, 2.45) is 5.92 Å². The molecule has 1 atom stereocenters. The Labute approximate surface area is 87.5 Å². The predicted molar refractivity (Wildman–Crippen MR) is 52.3 cm³/mol. The van der Waals surface area contributed by atoms with Crippen molar-refractivity contribution in [3.05, 3.63) is 17.5 Å². The Morgan fingerprint density at radius 3 is 3.07 bits per heavy atom. The molecule has 0 saturated heterocycles. The third-order valence-electron chi connectivity index (χ3n) is 2.59. The maximum absolute atomic E-state index is 11.5. The zero-order valence-electron chi connectivity index (χ0n) is 8.56. The van der Waals surface area contributed by atoms with Crippen LogP contribution in [0.15, 0.2) is 10.7 Å². The van der Waals surface area contributed by atoms with E-state index in [4.69, 9.17) is 4.52 Å². The minimum atomic E-state index is -0.433. The van der Waals surface area contributed by atoms with Gasteiger partial charge in [-0.25, -0.2) is 0 Å². The lowest BCUT2D eigenvalue weighted by atomic mass is 10.2. The lowest BCUT2D eigenvalue weighted by Crippen LogP contribution is -2.33. The smallest absolute Gasteiger partial charge is 0.290 e. The summed E-state index contributed by atoms with van der Waals surface area (Å²) in [6, 6.07) is 0. The van der Waals surface area contributed by atoms with Crippen LogP contribution in [0.5, 0.6) is 0 Å². The molecule has 2 rings (SSSR count). The molecular formula is C10H14N2O3. The largest absolute Gasteiger partial charge is 0.391 e. The second kappa shape index (κ2) is 4.02. The van der Waals surface area contributed by atoms with Gasteiger partial charge in [0.15, 0.2) is 0 Å². The molecule has 0 aliphatic heterocycles. The van der Waals surface area contributed by atoms with E-state index in [9.17, 15) is 9.90 Å². The molecular weight excluding hydrogens is 196 g/mol. The lowest BCUT2D eigenvalue weighted by Gasteiger charge is -2.09. The van der Waals surface area contributed by atoms with E-state index in [1.165, 1.54) is 6.20 Å². The van der Waals surface area contributed by atoms with Gasteiger partial charge in [-0.1, -0.05) is 5.16 Å². The number of aliphatic hydroxyl groups excluding tert-OH is 1. The van der Waals surface area contributed by atoms with E-state index < -0.39 is 6.10 Å². The fourth-order valence-electron chi connectivity index (χ4n) is 1.43. The van der Waals surface area contributed by atoms with Crippen molar-refractivity contribution in [1.82, 2.24) is 10.5 Å². The summed E-state index contributed by atoms with van der Waals surface area (Å²) < 4.78 is 4.79.